The van der Waals surface area contributed by atoms with Crippen molar-refractivity contribution in [2.45, 2.75) is 17.1 Å². The van der Waals surface area contributed by atoms with Crippen LogP contribution in [0.15, 0.2) is 77.7 Å². The van der Waals surface area contributed by atoms with E-state index in [-0.39, 0.29) is 0 Å². The Bertz CT molecular complexity index is 1680. The molecule has 2 N–H and O–H groups in total. The molecule has 0 amide bonds. The SMILES string of the molecule is COc1cc(C(=O)OCCN2CCN(CC/C=C3\c4ccccc4CSc4ccc(Cl)cc43)CC2)cc(OC)c1OC.O=C(O)/C=C\C(=O)O. The second-order valence-corrected chi connectivity index (χ2v) is 12.7. The molecular formula is C37H41ClN2O9S. The summed E-state index contributed by atoms with van der Waals surface area (Å²) in [6.45, 7) is 5.86. The number of carbonyl (C=O) groups excluding carboxylic acids is 1. The molecule has 0 saturated carbocycles. The summed E-state index contributed by atoms with van der Waals surface area (Å²) in [6, 6.07) is 18.1. The van der Waals surface area contributed by atoms with Crippen molar-refractivity contribution in [3.05, 3.63) is 100 Å². The number of hydrogen-bond acceptors (Lipinski definition) is 10. The van der Waals surface area contributed by atoms with Gasteiger partial charge in [0.1, 0.15) is 6.61 Å². The van der Waals surface area contributed by atoms with E-state index in [2.05, 4.69) is 52.3 Å². The molecule has 2 aliphatic rings. The van der Waals surface area contributed by atoms with E-state index in [0.29, 0.717) is 48.1 Å². The second-order valence-electron chi connectivity index (χ2n) is 11.2. The molecule has 2 aliphatic heterocycles. The number of carbonyl (C=O) groups is 3. The van der Waals surface area contributed by atoms with Crippen LogP contribution in [0.2, 0.25) is 5.02 Å². The van der Waals surface area contributed by atoms with Crippen molar-refractivity contribution in [3.63, 3.8) is 0 Å². The summed E-state index contributed by atoms with van der Waals surface area (Å²) in [7, 11) is 4.57. The van der Waals surface area contributed by atoms with E-state index >= 15 is 0 Å². The summed E-state index contributed by atoms with van der Waals surface area (Å²) in [5, 5.41) is 16.4. The topological polar surface area (TPSA) is 135 Å². The van der Waals surface area contributed by atoms with Crippen molar-refractivity contribution in [1.82, 2.24) is 9.80 Å². The first-order valence-electron chi connectivity index (χ1n) is 15.9. The highest BCUT2D eigenvalue weighted by Gasteiger charge is 2.21. The smallest absolute Gasteiger partial charge is 0.338 e. The van der Waals surface area contributed by atoms with Gasteiger partial charge in [0.15, 0.2) is 11.5 Å². The molecule has 13 heteroatoms. The Balaban J connectivity index is 0.000000627. The van der Waals surface area contributed by atoms with Crippen LogP contribution in [-0.2, 0) is 20.1 Å². The van der Waals surface area contributed by atoms with Crippen LogP contribution in [-0.4, -0.2) is 105 Å². The number of carboxylic acids is 2. The molecule has 5 rings (SSSR count). The van der Waals surface area contributed by atoms with Crippen LogP contribution in [0.5, 0.6) is 17.2 Å². The van der Waals surface area contributed by atoms with E-state index in [9.17, 15) is 14.4 Å². The first-order chi connectivity index (χ1) is 24.1. The molecule has 0 atom stereocenters. The maximum Gasteiger partial charge on any atom is 0.338 e. The third kappa shape index (κ3) is 10.8. The molecule has 0 spiro atoms. The van der Waals surface area contributed by atoms with Crippen molar-refractivity contribution in [2.75, 3.05) is 67.2 Å². The quantitative estimate of drug-likeness (QED) is 0.168. The maximum atomic E-state index is 12.7. The second kappa shape index (κ2) is 19.0. The number of benzene rings is 3. The lowest BCUT2D eigenvalue weighted by molar-refractivity contribution is -0.134. The Kier molecular flexibility index (Phi) is 14.6. The highest BCUT2D eigenvalue weighted by molar-refractivity contribution is 7.98. The summed E-state index contributed by atoms with van der Waals surface area (Å²) in [4.78, 5) is 37.9. The van der Waals surface area contributed by atoms with Crippen molar-refractivity contribution >= 4 is 46.8 Å². The minimum Gasteiger partial charge on any atom is -0.493 e. The molecule has 2 heterocycles. The Morgan fingerprint density at radius 3 is 2.04 bits per heavy atom. The fourth-order valence-corrected chi connectivity index (χ4v) is 6.81. The number of carboxylic acid groups (broad SMARTS) is 2. The van der Waals surface area contributed by atoms with Gasteiger partial charge < -0.3 is 34.1 Å². The van der Waals surface area contributed by atoms with Gasteiger partial charge in [0, 0.05) is 67.1 Å². The van der Waals surface area contributed by atoms with E-state index in [0.717, 1.165) is 49.9 Å². The molecule has 0 aromatic heterocycles. The van der Waals surface area contributed by atoms with Gasteiger partial charge in [0.25, 0.3) is 0 Å². The molecule has 0 unspecified atom stereocenters. The molecule has 11 nitrogen and oxygen atoms in total. The lowest BCUT2D eigenvalue weighted by Crippen LogP contribution is -2.47. The number of halogens is 1. The van der Waals surface area contributed by atoms with Crippen LogP contribution in [0.1, 0.15) is 33.5 Å². The van der Waals surface area contributed by atoms with E-state index in [1.165, 1.54) is 48.5 Å². The molecule has 0 aliphatic carbocycles. The minimum absolute atomic E-state index is 0.320. The number of ether oxygens (including phenoxy) is 4. The number of nitrogens with zero attached hydrogens (tertiary/aromatic N) is 2. The Hall–Kier alpha value is -4.49. The van der Waals surface area contributed by atoms with Crippen LogP contribution in [0.3, 0.4) is 0 Å². The summed E-state index contributed by atoms with van der Waals surface area (Å²) in [6.07, 6.45) is 4.46. The molecule has 0 bridgehead atoms. The first-order valence-corrected chi connectivity index (χ1v) is 17.3. The summed E-state index contributed by atoms with van der Waals surface area (Å²) in [5.41, 5.74) is 5.53. The largest absolute Gasteiger partial charge is 0.493 e. The number of fused-ring (bicyclic) bond motifs is 2. The maximum absolute atomic E-state index is 12.7. The van der Waals surface area contributed by atoms with Crippen LogP contribution in [0.4, 0.5) is 0 Å². The van der Waals surface area contributed by atoms with E-state index in [1.54, 1.807) is 12.1 Å². The average Bonchev–Trinajstić information content (AvgIpc) is 3.27. The standard InChI is InChI=1S/C33H37ClN2O5S.C4H4O4/c1-38-29-19-24(20-30(39-2)32(29)40-3)33(37)41-18-17-36-15-13-35(14-16-36)12-6-9-27-26-8-5-4-7-23(26)22-42-31-11-10-25(34)21-28(27)31;5-3(6)1-2-4(7)8/h4-5,7-11,19-21H,6,12-18,22H2,1-3H3;1-2H,(H,5,6)(H,7,8)/b27-9+;2-1-. The highest BCUT2D eigenvalue weighted by Crippen LogP contribution is 2.41. The predicted molar refractivity (Wildman–Crippen MR) is 193 cm³/mol. The average molecular weight is 725 g/mol. The molecule has 266 valence electrons. The molecule has 3 aromatic carbocycles. The third-order valence-corrected chi connectivity index (χ3v) is 9.45. The number of methoxy groups -OCH3 is 3. The van der Waals surface area contributed by atoms with Gasteiger partial charge in [-0.05, 0) is 59.0 Å². The summed E-state index contributed by atoms with van der Waals surface area (Å²) in [5.74, 6) is -0.682. The van der Waals surface area contributed by atoms with Gasteiger partial charge in [-0.2, -0.15) is 0 Å². The van der Waals surface area contributed by atoms with E-state index in [4.69, 9.17) is 40.8 Å². The lowest BCUT2D eigenvalue weighted by atomic mass is 9.93. The van der Waals surface area contributed by atoms with Crippen LogP contribution >= 0.6 is 23.4 Å². The zero-order chi connectivity index (χ0) is 36.0. The number of hydrogen-bond donors (Lipinski definition) is 2. The molecular weight excluding hydrogens is 684 g/mol. The fourth-order valence-electron chi connectivity index (χ4n) is 5.59. The van der Waals surface area contributed by atoms with Gasteiger partial charge in [-0.15, -0.1) is 11.8 Å². The molecule has 1 fully saturated rings. The Morgan fingerprint density at radius 1 is 0.820 bits per heavy atom. The van der Waals surface area contributed by atoms with Gasteiger partial charge in [-0.25, -0.2) is 14.4 Å². The van der Waals surface area contributed by atoms with Crippen molar-refractivity contribution in [1.29, 1.82) is 0 Å². The van der Waals surface area contributed by atoms with Gasteiger partial charge in [0.2, 0.25) is 5.75 Å². The summed E-state index contributed by atoms with van der Waals surface area (Å²) < 4.78 is 21.6. The zero-order valence-corrected chi connectivity index (χ0v) is 29.8. The highest BCUT2D eigenvalue weighted by atomic mass is 35.5. The molecule has 3 aromatic rings. The molecule has 1 saturated heterocycles. The van der Waals surface area contributed by atoms with Gasteiger partial charge in [0.05, 0.1) is 26.9 Å². The zero-order valence-electron chi connectivity index (χ0n) is 28.2. The first kappa shape index (κ1) is 38.3. The van der Waals surface area contributed by atoms with Crippen LogP contribution < -0.4 is 14.2 Å². The Labute approximate surface area is 301 Å². The fraction of sp³-hybridized carbons (Fsp3) is 0.324. The number of aliphatic carboxylic acids is 2. The lowest BCUT2D eigenvalue weighted by Gasteiger charge is -2.34. The number of rotatable bonds is 12. The van der Waals surface area contributed by atoms with Crippen molar-refractivity contribution in [3.8, 4) is 17.2 Å². The monoisotopic (exact) mass is 724 g/mol. The van der Waals surface area contributed by atoms with E-state index in [1.807, 2.05) is 17.8 Å². The third-order valence-electron chi connectivity index (χ3n) is 8.09. The number of thioether (sulfide) groups is 1. The van der Waals surface area contributed by atoms with Gasteiger partial charge in [-0.1, -0.05) is 41.9 Å². The van der Waals surface area contributed by atoms with Gasteiger partial charge >= 0.3 is 17.9 Å². The summed E-state index contributed by atoms with van der Waals surface area (Å²) >= 11 is 8.30. The Morgan fingerprint density at radius 2 is 1.44 bits per heavy atom. The van der Waals surface area contributed by atoms with Crippen molar-refractivity contribution in [2.24, 2.45) is 0 Å². The minimum atomic E-state index is -1.26. The van der Waals surface area contributed by atoms with Crippen LogP contribution in [0.25, 0.3) is 5.57 Å². The van der Waals surface area contributed by atoms with Gasteiger partial charge in [-0.3, -0.25) is 4.90 Å². The number of piperazine rings is 1. The predicted octanol–water partition coefficient (Wildman–Crippen LogP) is 5.98. The number of esters is 1. The van der Waals surface area contributed by atoms with Crippen LogP contribution in [0, 0.1) is 0 Å². The molecule has 0 radical (unpaired) electrons. The van der Waals surface area contributed by atoms with E-state index < -0.39 is 17.9 Å². The molecule has 50 heavy (non-hydrogen) atoms. The van der Waals surface area contributed by atoms with Crippen molar-refractivity contribution < 1.29 is 43.5 Å². The normalized spacial score (nSPS) is 15.2.